The van der Waals surface area contributed by atoms with E-state index in [4.69, 9.17) is 11.6 Å². The van der Waals surface area contributed by atoms with Crippen LogP contribution in [0.2, 0.25) is 5.02 Å². The summed E-state index contributed by atoms with van der Waals surface area (Å²) < 4.78 is 48.4. The summed E-state index contributed by atoms with van der Waals surface area (Å²) in [4.78, 5) is 39.2. The molecular formula is C34H33ClFN7O4S. The Morgan fingerprint density at radius 1 is 1.17 bits per heavy atom. The molecule has 2 atom stereocenters. The summed E-state index contributed by atoms with van der Waals surface area (Å²) in [5.41, 5.74) is 1.78. The number of aryl methyl sites for hydroxylation is 2. The third-order valence-corrected chi connectivity index (χ3v) is 11.7. The third kappa shape index (κ3) is 4.58. The second kappa shape index (κ2) is 11.2. The van der Waals surface area contributed by atoms with Gasteiger partial charge in [0.1, 0.15) is 5.82 Å². The van der Waals surface area contributed by atoms with Crippen LogP contribution in [0.25, 0.3) is 38.6 Å². The van der Waals surface area contributed by atoms with Gasteiger partial charge in [0.2, 0.25) is 5.91 Å². The predicted molar refractivity (Wildman–Crippen MR) is 183 cm³/mol. The molecule has 0 spiro atoms. The number of carbonyl (C=O) groups excluding carboxylic acids is 1. The Balaban J connectivity index is 1.71. The zero-order valence-corrected chi connectivity index (χ0v) is 28.6. The number of nitrogens with zero attached hydrogens (tertiary/aromatic N) is 6. The van der Waals surface area contributed by atoms with Gasteiger partial charge in [-0.05, 0) is 56.0 Å². The van der Waals surface area contributed by atoms with Gasteiger partial charge in [0.15, 0.2) is 15.7 Å². The summed E-state index contributed by atoms with van der Waals surface area (Å²) >= 11 is 7.14. The SMILES string of the molecule is C=CC(=O)N1CC(C)N2c3nc(=O)n(-c4c(C)ccnc4C(C)C)c4c(F)c(-c5c(C)ccc6[nH]ncc56)c(Cl)c(c34)S(=O)(=O)CC2C1. The second-order valence-corrected chi connectivity index (χ2v) is 15.2. The Morgan fingerprint density at radius 3 is 2.62 bits per heavy atom. The van der Waals surface area contributed by atoms with Crippen LogP contribution in [0.3, 0.4) is 0 Å². The van der Waals surface area contributed by atoms with Crippen molar-refractivity contribution in [2.75, 3.05) is 23.7 Å². The van der Waals surface area contributed by atoms with E-state index in [-0.39, 0.29) is 57.1 Å². The van der Waals surface area contributed by atoms with Gasteiger partial charge < -0.3 is 9.80 Å². The number of rotatable bonds is 4. The number of fused-ring (bicyclic) bond motifs is 3. The molecule has 5 aromatic rings. The van der Waals surface area contributed by atoms with Crippen LogP contribution in [-0.2, 0) is 14.6 Å². The summed E-state index contributed by atoms with van der Waals surface area (Å²) in [6.07, 6.45) is 4.33. The predicted octanol–water partition coefficient (Wildman–Crippen LogP) is 5.24. The van der Waals surface area contributed by atoms with Gasteiger partial charge >= 0.3 is 5.69 Å². The van der Waals surface area contributed by atoms with Crippen molar-refractivity contribution in [1.29, 1.82) is 0 Å². The van der Waals surface area contributed by atoms with E-state index >= 15 is 4.39 Å². The minimum Gasteiger partial charge on any atom is -0.346 e. The van der Waals surface area contributed by atoms with Crippen molar-refractivity contribution in [2.24, 2.45) is 0 Å². The molecule has 2 aliphatic heterocycles. The van der Waals surface area contributed by atoms with Gasteiger partial charge in [-0.2, -0.15) is 10.1 Å². The maximum Gasteiger partial charge on any atom is 0.354 e. The Morgan fingerprint density at radius 2 is 1.92 bits per heavy atom. The first-order valence-corrected chi connectivity index (χ1v) is 17.6. The highest BCUT2D eigenvalue weighted by molar-refractivity contribution is 7.91. The average Bonchev–Trinajstić information content (AvgIpc) is 3.47. The Hall–Kier alpha value is -4.62. The molecule has 11 nitrogen and oxygen atoms in total. The minimum absolute atomic E-state index is 0.00348. The first kappa shape index (κ1) is 32.0. The number of sulfone groups is 1. The van der Waals surface area contributed by atoms with Crippen molar-refractivity contribution in [1.82, 2.24) is 29.6 Å². The molecule has 2 aromatic carbocycles. The number of anilines is 1. The number of hydrogen-bond donors (Lipinski definition) is 1. The van der Waals surface area contributed by atoms with Gasteiger partial charge in [0, 0.05) is 41.8 Å². The van der Waals surface area contributed by atoms with Crippen LogP contribution in [0.4, 0.5) is 10.2 Å². The standard InChI is InChI=1S/C34H33ClFN7O4S/c1-7-23(44)41-13-19(6)42-20(14-41)15-48(46,47)32-26-31(28(36)25(27(32)35)24-17(4)8-9-22-21(24)12-38-40-22)43(34(45)39-33(26)42)30-18(5)10-11-37-29(30)16(2)3/h7-12,16,19-20H,1,13-15H2,2-6H3,(H,38,40). The third-order valence-electron chi connectivity index (χ3n) is 9.40. The van der Waals surface area contributed by atoms with E-state index in [1.54, 1.807) is 43.1 Å². The maximum atomic E-state index is 17.9. The fraction of sp³-hybridized carbons (Fsp3) is 0.324. The molecule has 1 N–H and O–H groups in total. The lowest BCUT2D eigenvalue weighted by molar-refractivity contribution is -0.127. The number of amides is 1. The number of halogens is 2. The topological polar surface area (TPSA) is 134 Å². The van der Waals surface area contributed by atoms with E-state index in [9.17, 15) is 18.0 Å². The quantitative estimate of drug-likeness (QED) is 0.200. The highest BCUT2D eigenvalue weighted by atomic mass is 35.5. The molecule has 1 saturated heterocycles. The molecule has 248 valence electrons. The van der Waals surface area contributed by atoms with Crippen molar-refractivity contribution < 1.29 is 17.6 Å². The molecule has 7 rings (SSSR count). The summed E-state index contributed by atoms with van der Waals surface area (Å²) in [5, 5.41) is 7.15. The van der Waals surface area contributed by atoms with Gasteiger partial charge in [-0.3, -0.25) is 19.4 Å². The fourth-order valence-corrected chi connectivity index (χ4v) is 9.80. The van der Waals surface area contributed by atoms with Gasteiger partial charge in [-0.15, -0.1) is 0 Å². The van der Waals surface area contributed by atoms with Crippen LogP contribution in [0.5, 0.6) is 0 Å². The molecule has 0 saturated carbocycles. The van der Waals surface area contributed by atoms with Crippen molar-refractivity contribution in [3.63, 3.8) is 0 Å². The molecule has 5 heterocycles. The molecule has 3 aromatic heterocycles. The number of benzene rings is 2. The zero-order valence-electron chi connectivity index (χ0n) is 27.0. The number of nitrogens with one attached hydrogen (secondary N) is 1. The molecular weight excluding hydrogens is 657 g/mol. The fourth-order valence-electron chi connectivity index (χ4n) is 7.36. The lowest BCUT2D eigenvalue weighted by Gasteiger charge is -2.45. The lowest BCUT2D eigenvalue weighted by Crippen LogP contribution is -2.61. The van der Waals surface area contributed by atoms with Crippen molar-refractivity contribution in [3.8, 4) is 16.8 Å². The number of H-pyrrole nitrogens is 1. The van der Waals surface area contributed by atoms with Crippen LogP contribution in [0.15, 0.2) is 52.9 Å². The normalized spacial score (nSPS) is 18.8. The molecule has 2 unspecified atom stereocenters. The summed E-state index contributed by atoms with van der Waals surface area (Å²) in [5.74, 6) is -1.87. The minimum atomic E-state index is -4.31. The van der Waals surface area contributed by atoms with Gasteiger partial charge in [0.05, 0.1) is 55.7 Å². The van der Waals surface area contributed by atoms with Crippen LogP contribution >= 0.6 is 11.6 Å². The molecule has 1 fully saturated rings. The molecule has 1 amide bonds. The van der Waals surface area contributed by atoms with Crippen LogP contribution < -0.4 is 10.6 Å². The summed E-state index contributed by atoms with van der Waals surface area (Å²) in [6, 6.07) is 3.97. The summed E-state index contributed by atoms with van der Waals surface area (Å²) in [6.45, 7) is 13.0. The largest absolute Gasteiger partial charge is 0.354 e. The van der Waals surface area contributed by atoms with E-state index < -0.39 is 39.2 Å². The van der Waals surface area contributed by atoms with Crippen molar-refractivity contribution in [2.45, 2.75) is 57.5 Å². The molecule has 0 radical (unpaired) electrons. The monoisotopic (exact) mass is 689 g/mol. The summed E-state index contributed by atoms with van der Waals surface area (Å²) in [7, 11) is -4.31. The van der Waals surface area contributed by atoms with Crippen molar-refractivity contribution >= 4 is 55.0 Å². The number of piperazine rings is 1. The highest BCUT2D eigenvalue weighted by Crippen LogP contribution is 2.49. The van der Waals surface area contributed by atoms with Crippen molar-refractivity contribution in [3.05, 3.63) is 81.4 Å². The Kier molecular flexibility index (Phi) is 7.48. The number of hydrogen-bond acceptors (Lipinski definition) is 8. The number of pyridine rings is 1. The van der Waals surface area contributed by atoms with E-state index in [1.807, 2.05) is 20.8 Å². The highest BCUT2D eigenvalue weighted by Gasteiger charge is 2.45. The molecule has 48 heavy (non-hydrogen) atoms. The average molecular weight is 690 g/mol. The number of carbonyl (C=O) groups is 1. The van der Waals surface area contributed by atoms with Gasteiger partial charge in [-0.1, -0.05) is 38.1 Å². The second-order valence-electron chi connectivity index (χ2n) is 12.9. The number of aromatic amines is 1. The Labute approximate surface area is 281 Å². The Bertz CT molecular complexity index is 2390. The molecule has 0 aliphatic carbocycles. The van der Waals surface area contributed by atoms with E-state index in [0.717, 1.165) is 4.57 Å². The zero-order chi connectivity index (χ0) is 34.4. The van der Waals surface area contributed by atoms with Crippen LogP contribution in [-0.4, -0.2) is 74.9 Å². The smallest absolute Gasteiger partial charge is 0.346 e. The lowest BCUT2D eigenvalue weighted by atomic mass is 9.94. The maximum absolute atomic E-state index is 17.9. The van der Waals surface area contributed by atoms with E-state index in [2.05, 4.69) is 26.7 Å². The molecule has 2 aliphatic rings. The van der Waals surface area contributed by atoms with Gasteiger partial charge in [0.25, 0.3) is 0 Å². The first-order valence-electron chi connectivity index (χ1n) is 15.6. The van der Waals surface area contributed by atoms with Crippen LogP contribution in [0.1, 0.15) is 43.5 Å². The van der Waals surface area contributed by atoms with E-state index in [0.29, 0.717) is 39.0 Å². The van der Waals surface area contributed by atoms with E-state index in [1.165, 1.54) is 17.2 Å². The molecule has 14 heteroatoms. The molecule has 0 bridgehead atoms. The number of aromatic nitrogens is 5. The first-order chi connectivity index (χ1) is 22.8. The van der Waals surface area contributed by atoms with Crippen LogP contribution in [0, 0.1) is 19.7 Å². The van der Waals surface area contributed by atoms with Gasteiger partial charge in [-0.25, -0.2) is 17.6 Å².